The van der Waals surface area contributed by atoms with Gasteiger partial charge < -0.3 is 9.52 Å². The summed E-state index contributed by atoms with van der Waals surface area (Å²) in [6.45, 7) is 7.04. The van der Waals surface area contributed by atoms with Gasteiger partial charge in [0.25, 0.3) is 0 Å². The lowest BCUT2D eigenvalue weighted by atomic mass is 10.1. The van der Waals surface area contributed by atoms with Gasteiger partial charge in [-0.2, -0.15) is 0 Å². The molecule has 0 aliphatic carbocycles. The smallest absolute Gasteiger partial charge is 0.303 e. The number of hydrogen-bond acceptors (Lipinski definition) is 3. The number of furan rings is 1. The average Bonchev–Trinajstić information content (AvgIpc) is 2.69. The van der Waals surface area contributed by atoms with E-state index in [2.05, 4.69) is 41.6 Å². The summed E-state index contributed by atoms with van der Waals surface area (Å²) in [5.41, 5.74) is 0. The Hall–Kier alpha value is -0.810. The second-order valence-electron chi connectivity index (χ2n) is 4.65. The van der Waals surface area contributed by atoms with Crippen molar-refractivity contribution in [2.75, 3.05) is 6.54 Å². The molecule has 0 aromatic carbocycles. The van der Waals surface area contributed by atoms with Gasteiger partial charge in [0.2, 0.25) is 0 Å². The van der Waals surface area contributed by atoms with Crippen molar-refractivity contribution in [2.45, 2.75) is 45.7 Å². The molecule has 0 bridgehead atoms. The van der Waals surface area contributed by atoms with E-state index in [0.717, 1.165) is 17.0 Å². The van der Waals surface area contributed by atoms with Gasteiger partial charge >= 0.3 is 5.97 Å². The molecule has 1 unspecified atom stereocenters. The summed E-state index contributed by atoms with van der Waals surface area (Å²) in [5.74, 6) is 0.151. The van der Waals surface area contributed by atoms with E-state index in [4.69, 9.17) is 9.52 Å². The van der Waals surface area contributed by atoms with Crippen LogP contribution in [0, 0.1) is 0 Å². The van der Waals surface area contributed by atoms with E-state index in [-0.39, 0.29) is 12.5 Å². The Kier molecular flexibility index (Phi) is 5.88. The van der Waals surface area contributed by atoms with Crippen LogP contribution in [0.15, 0.2) is 21.2 Å². The molecule has 1 heterocycles. The SMILES string of the molecule is CC(C)N(CCCC(=O)O)C(C)c1ccc(Br)o1. The van der Waals surface area contributed by atoms with E-state index in [9.17, 15) is 4.79 Å². The minimum Gasteiger partial charge on any atom is -0.481 e. The number of carbonyl (C=O) groups is 1. The van der Waals surface area contributed by atoms with Crippen molar-refractivity contribution in [3.8, 4) is 0 Å². The molecule has 0 amide bonds. The van der Waals surface area contributed by atoms with Crippen molar-refractivity contribution in [1.82, 2.24) is 4.90 Å². The fourth-order valence-electron chi connectivity index (χ4n) is 2.03. The summed E-state index contributed by atoms with van der Waals surface area (Å²) in [6, 6.07) is 4.31. The minimum atomic E-state index is -0.743. The molecule has 18 heavy (non-hydrogen) atoms. The molecule has 0 saturated carbocycles. The number of halogens is 1. The quantitative estimate of drug-likeness (QED) is 0.833. The topological polar surface area (TPSA) is 53.7 Å². The molecule has 0 radical (unpaired) electrons. The molecular formula is C13H20BrNO3. The van der Waals surface area contributed by atoms with Crippen molar-refractivity contribution in [3.63, 3.8) is 0 Å². The van der Waals surface area contributed by atoms with Gasteiger partial charge in [-0.25, -0.2) is 0 Å². The average molecular weight is 318 g/mol. The Morgan fingerprint density at radius 1 is 1.44 bits per heavy atom. The zero-order valence-electron chi connectivity index (χ0n) is 11.0. The van der Waals surface area contributed by atoms with Crippen LogP contribution >= 0.6 is 15.9 Å². The van der Waals surface area contributed by atoms with Crippen molar-refractivity contribution in [3.05, 3.63) is 22.6 Å². The molecule has 1 aromatic rings. The van der Waals surface area contributed by atoms with E-state index >= 15 is 0 Å². The maximum absolute atomic E-state index is 10.6. The van der Waals surface area contributed by atoms with E-state index < -0.39 is 5.97 Å². The summed E-state index contributed by atoms with van der Waals surface area (Å²) < 4.78 is 6.28. The van der Waals surface area contributed by atoms with Crippen LogP contribution in [-0.2, 0) is 4.79 Å². The number of carboxylic acids is 1. The van der Waals surface area contributed by atoms with Crippen molar-refractivity contribution in [1.29, 1.82) is 0 Å². The van der Waals surface area contributed by atoms with Crippen LogP contribution in [0.4, 0.5) is 0 Å². The van der Waals surface area contributed by atoms with E-state index in [1.54, 1.807) is 0 Å². The first-order valence-corrected chi connectivity index (χ1v) is 6.94. The van der Waals surface area contributed by atoms with Gasteiger partial charge in [-0.3, -0.25) is 9.69 Å². The van der Waals surface area contributed by atoms with Gasteiger partial charge in [-0.1, -0.05) is 0 Å². The first kappa shape index (κ1) is 15.2. The van der Waals surface area contributed by atoms with Crippen LogP contribution in [0.25, 0.3) is 0 Å². The number of hydrogen-bond donors (Lipinski definition) is 1. The molecule has 0 fully saturated rings. The highest BCUT2D eigenvalue weighted by molar-refractivity contribution is 9.10. The largest absolute Gasteiger partial charge is 0.481 e. The zero-order valence-corrected chi connectivity index (χ0v) is 12.6. The van der Waals surface area contributed by atoms with Crippen LogP contribution in [0.2, 0.25) is 0 Å². The molecule has 102 valence electrons. The summed E-state index contributed by atoms with van der Waals surface area (Å²) in [5, 5.41) is 8.68. The van der Waals surface area contributed by atoms with E-state index in [1.807, 2.05) is 12.1 Å². The fourth-order valence-corrected chi connectivity index (χ4v) is 2.35. The molecule has 0 aliphatic heterocycles. The molecule has 0 aliphatic rings. The van der Waals surface area contributed by atoms with E-state index in [1.165, 1.54) is 0 Å². The standard InChI is InChI=1S/C13H20BrNO3/c1-9(2)15(8-4-5-13(16)17)10(3)11-6-7-12(14)18-11/h6-7,9-10H,4-5,8H2,1-3H3,(H,16,17). The number of carboxylic acid groups (broad SMARTS) is 1. The highest BCUT2D eigenvalue weighted by Crippen LogP contribution is 2.26. The van der Waals surface area contributed by atoms with Crippen LogP contribution in [0.1, 0.15) is 45.4 Å². The number of aliphatic carboxylic acids is 1. The fraction of sp³-hybridized carbons (Fsp3) is 0.615. The lowest BCUT2D eigenvalue weighted by molar-refractivity contribution is -0.137. The number of rotatable bonds is 7. The van der Waals surface area contributed by atoms with Crippen molar-refractivity contribution in [2.24, 2.45) is 0 Å². The molecule has 0 spiro atoms. The van der Waals surface area contributed by atoms with E-state index in [0.29, 0.717) is 12.5 Å². The minimum absolute atomic E-state index is 0.144. The molecule has 0 saturated heterocycles. The van der Waals surface area contributed by atoms with Gasteiger partial charge in [0.05, 0.1) is 6.04 Å². The maximum atomic E-state index is 10.6. The van der Waals surface area contributed by atoms with Gasteiger partial charge in [-0.05, 0) is 61.8 Å². The van der Waals surface area contributed by atoms with Gasteiger partial charge in [-0.15, -0.1) is 0 Å². The highest BCUT2D eigenvalue weighted by Gasteiger charge is 2.21. The predicted molar refractivity (Wildman–Crippen MR) is 73.5 cm³/mol. The van der Waals surface area contributed by atoms with Crippen molar-refractivity contribution < 1.29 is 14.3 Å². The monoisotopic (exact) mass is 317 g/mol. The molecule has 5 heteroatoms. The Labute approximate surface area is 116 Å². The second kappa shape index (κ2) is 6.95. The first-order chi connectivity index (χ1) is 8.41. The molecule has 1 N–H and O–H groups in total. The lowest BCUT2D eigenvalue weighted by Gasteiger charge is -2.31. The lowest BCUT2D eigenvalue weighted by Crippen LogP contribution is -2.34. The molecule has 1 aromatic heterocycles. The molecule has 4 nitrogen and oxygen atoms in total. The Balaban J connectivity index is 2.63. The molecular weight excluding hydrogens is 298 g/mol. The second-order valence-corrected chi connectivity index (χ2v) is 5.43. The predicted octanol–water partition coefficient (Wildman–Crippen LogP) is 3.68. The van der Waals surface area contributed by atoms with Gasteiger partial charge in [0.1, 0.15) is 5.76 Å². The van der Waals surface area contributed by atoms with Gasteiger partial charge in [0, 0.05) is 12.5 Å². The van der Waals surface area contributed by atoms with Crippen LogP contribution in [-0.4, -0.2) is 28.6 Å². The van der Waals surface area contributed by atoms with Crippen LogP contribution < -0.4 is 0 Å². The first-order valence-electron chi connectivity index (χ1n) is 6.14. The summed E-state index contributed by atoms with van der Waals surface area (Å²) in [7, 11) is 0. The van der Waals surface area contributed by atoms with Crippen LogP contribution in [0.3, 0.4) is 0 Å². The zero-order chi connectivity index (χ0) is 13.7. The maximum Gasteiger partial charge on any atom is 0.303 e. The summed E-state index contributed by atoms with van der Waals surface area (Å²) in [4.78, 5) is 12.8. The summed E-state index contributed by atoms with van der Waals surface area (Å²) in [6.07, 6.45) is 0.859. The third-order valence-corrected chi connectivity index (χ3v) is 3.40. The molecule has 1 rings (SSSR count). The van der Waals surface area contributed by atoms with Gasteiger partial charge in [0.15, 0.2) is 4.67 Å². The Morgan fingerprint density at radius 2 is 2.11 bits per heavy atom. The number of nitrogens with zero attached hydrogens (tertiary/aromatic N) is 1. The van der Waals surface area contributed by atoms with Crippen LogP contribution in [0.5, 0.6) is 0 Å². The van der Waals surface area contributed by atoms with Crippen molar-refractivity contribution >= 4 is 21.9 Å². The Morgan fingerprint density at radius 3 is 2.56 bits per heavy atom. The highest BCUT2D eigenvalue weighted by atomic mass is 79.9. The summed E-state index contributed by atoms with van der Waals surface area (Å²) >= 11 is 3.30. The third kappa shape index (κ3) is 4.46. The normalized spacial score (nSPS) is 13.2. The molecule has 1 atom stereocenters. The third-order valence-electron chi connectivity index (χ3n) is 2.97. The Bertz CT molecular complexity index is 389.